The fourth-order valence-corrected chi connectivity index (χ4v) is 4.22. The average Bonchev–Trinajstić information content (AvgIpc) is 3.13. The molecule has 0 bridgehead atoms. The van der Waals surface area contributed by atoms with Crippen molar-refractivity contribution in [1.29, 1.82) is 0 Å². The first-order chi connectivity index (χ1) is 13.2. The number of aryl methyl sites for hydroxylation is 1. The summed E-state index contributed by atoms with van der Waals surface area (Å²) in [6, 6.07) is 5.32. The Bertz CT molecular complexity index is 925. The molecule has 2 aromatic rings. The van der Waals surface area contributed by atoms with E-state index in [9.17, 15) is 22.8 Å². The molecule has 1 aliphatic heterocycles. The van der Waals surface area contributed by atoms with Crippen LogP contribution in [0.2, 0.25) is 0 Å². The zero-order chi connectivity index (χ0) is 20.1. The van der Waals surface area contributed by atoms with Gasteiger partial charge in [-0.3, -0.25) is 9.59 Å². The van der Waals surface area contributed by atoms with Crippen LogP contribution in [-0.4, -0.2) is 27.0 Å². The average molecular weight is 391 g/mol. The molecule has 1 N–H and O–H groups in total. The van der Waals surface area contributed by atoms with E-state index in [1.54, 1.807) is 13.0 Å². The minimum absolute atomic E-state index is 0.164. The van der Waals surface area contributed by atoms with Crippen molar-refractivity contribution in [3.63, 3.8) is 0 Å². The van der Waals surface area contributed by atoms with Gasteiger partial charge in [0.2, 0.25) is 0 Å². The molecule has 2 heterocycles. The topological polar surface area (TPSA) is 64.0 Å². The number of alkyl halides is 3. The minimum atomic E-state index is -4.41. The molecule has 1 aromatic carbocycles. The van der Waals surface area contributed by atoms with Gasteiger partial charge in [-0.25, -0.2) is 4.68 Å². The van der Waals surface area contributed by atoms with Gasteiger partial charge in [0.25, 0.3) is 5.91 Å². The summed E-state index contributed by atoms with van der Waals surface area (Å²) in [7, 11) is 0. The molecule has 1 spiro atoms. The summed E-state index contributed by atoms with van der Waals surface area (Å²) < 4.78 is 39.7. The van der Waals surface area contributed by atoms with Gasteiger partial charge in [-0.05, 0) is 38.0 Å². The summed E-state index contributed by atoms with van der Waals surface area (Å²) in [5.41, 5.74) is -0.00911. The lowest BCUT2D eigenvalue weighted by molar-refractivity contribution is -0.137. The van der Waals surface area contributed by atoms with Crippen LogP contribution in [0.5, 0.6) is 0 Å². The van der Waals surface area contributed by atoms with Crippen LogP contribution in [0.15, 0.2) is 30.3 Å². The smallest absolute Gasteiger partial charge is 0.341 e. The molecule has 8 heteroatoms. The Morgan fingerprint density at radius 3 is 2.36 bits per heavy atom. The Morgan fingerprint density at radius 1 is 1.11 bits per heavy atom. The quantitative estimate of drug-likeness (QED) is 0.792. The fourth-order valence-electron chi connectivity index (χ4n) is 4.22. The van der Waals surface area contributed by atoms with Crippen molar-refractivity contribution in [1.82, 2.24) is 15.1 Å². The monoisotopic (exact) mass is 391 g/mol. The van der Waals surface area contributed by atoms with Crippen molar-refractivity contribution in [2.24, 2.45) is 0 Å². The first-order valence-electron chi connectivity index (χ1n) is 9.31. The van der Waals surface area contributed by atoms with Gasteiger partial charge in [0.1, 0.15) is 5.54 Å². The molecule has 1 unspecified atom stereocenters. The third-order valence-electron chi connectivity index (χ3n) is 5.71. The molecule has 1 amide bonds. The van der Waals surface area contributed by atoms with Gasteiger partial charge < -0.3 is 5.32 Å². The number of carbonyl (C=O) groups is 2. The Balaban J connectivity index is 1.65. The number of aromatic nitrogens is 2. The van der Waals surface area contributed by atoms with Crippen LogP contribution in [0.25, 0.3) is 11.3 Å². The van der Waals surface area contributed by atoms with E-state index in [1.807, 2.05) is 0 Å². The Kier molecular flexibility index (Phi) is 4.32. The van der Waals surface area contributed by atoms with Crippen LogP contribution < -0.4 is 5.32 Å². The number of ketones is 1. The maximum Gasteiger partial charge on any atom is 0.416 e. The summed E-state index contributed by atoms with van der Waals surface area (Å²) in [6.45, 7) is 1.73. The number of Topliss-reactive ketones (excluding diaryl/α,β-unsaturated/α-hetero) is 1. The highest BCUT2D eigenvalue weighted by molar-refractivity contribution is 6.14. The predicted molar refractivity (Wildman–Crippen MR) is 95.4 cm³/mol. The number of amides is 1. The largest absolute Gasteiger partial charge is 0.416 e. The third kappa shape index (κ3) is 3.00. The van der Waals surface area contributed by atoms with E-state index in [1.165, 1.54) is 16.8 Å². The molecule has 1 saturated carbocycles. The Labute approximate surface area is 159 Å². The van der Waals surface area contributed by atoms with Crippen molar-refractivity contribution < 1.29 is 22.8 Å². The van der Waals surface area contributed by atoms with E-state index in [-0.39, 0.29) is 11.7 Å². The lowest BCUT2D eigenvalue weighted by Crippen LogP contribution is -2.48. The molecular weight excluding hydrogens is 371 g/mol. The van der Waals surface area contributed by atoms with Gasteiger partial charge in [-0.2, -0.15) is 18.3 Å². The first-order valence-corrected chi connectivity index (χ1v) is 9.31. The first kappa shape index (κ1) is 18.7. The highest BCUT2D eigenvalue weighted by Crippen LogP contribution is 2.38. The zero-order valence-electron chi connectivity index (χ0n) is 15.3. The lowest BCUT2D eigenvalue weighted by Gasteiger charge is -2.31. The van der Waals surface area contributed by atoms with Gasteiger partial charge in [-0.1, -0.05) is 31.4 Å². The van der Waals surface area contributed by atoms with Crippen LogP contribution in [0.1, 0.15) is 49.4 Å². The second kappa shape index (κ2) is 6.46. The van der Waals surface area contributed by atoms with E-state index >= 15 is 0 Å². The highest BCUT2D eigenvalue weighted by atomic mass is 19.4. The van der Waals surface area contributed by atoms with Crippen LogP contribution in [-0.2, 0) is 15.8 Å². The zero-order valence-corrected chi connectivity index (χ0v) is 15.3. The van der Waals surface area contributed by atoms with E-state index in [0.717, 1.165) is 31.4 Å². The van der Waals surface area contributed by atoms with E-state index in [4.69, 9.17) is 0 Å². The normalized spacial score (nSPS) is 21.9. The Hall–Kier alpha value is -2.64. The maximum absolute atomic E-state index is 13.1. The molecule has 5 nitrogen and oxygen atoms in total. The van der Waals surface area contributed by atoms with Crippen LogP contribution >= 0.6 is 0 Å². The number of hydrogen-bond donors (Lipinski definition) is 1. The standard InChI is InChI=1S/C20H20F3N3O2/c1-12-11-15(13-5-7-14(8-6-13)20(21,22)23)25-26(12)16-17(27)19(24-18(16)28)9-3-2-4-10-19/h5-8,11,16H,2-4,9-10H2,1H3,(H,24,28). The summed E-state index contributed by atoms with van der Waals surface area (Å²) in [5, 5.41) is 7.28. The van der Waals surface area contributed by atoms with Crippen molar-refractivity contribution in [2.45, 2.75) is 56.8 Å². The summed E-state index contributed by atoms with van der Waals surface area (Å²) in [5.74, 6) is -0.528. The highest BCUT2D eigenvalue weighted by Gasteiger charge is 2.54. The van der Waals surface area contributed by atoms with Crippen LogP contribution in [0.3, 0.4) is 0 Å². The molecule has 148 valence electrons. The van der Waals surface area contributed by atoms with E-state index in [0.29, 0.717) is 29.8 Å². The number of hydrogen-bond acceptors (Lipinski definition) is 3. The molecular formula is C20H20F3N3O2. The number of rotatable bonds is 2. The SMILES string of the molecule is Cc1cc(-c2ccc(C(F)(F)F)cc2)nn1C1C(=O)NC2(CCCCC2)C1=O. The summed E-state index contributed by atoms with van der Waals surface area (Å²) in [4.78, 5) is 25.7. The summed E-state index contributed by atoms with van der Waals surface area (Å²) in [6.07, 6.45) is -0.285. The maximum atomic E-state index is 13.1. The molecule has 28 heavy (non-hydrogen) atoms. The van der Waals surface area contributed by atoms with Crippen molar-refractivity contribution in [3.8, 4) is 11.3 Å². The van der Waals surface area contributed by atoms with Gasteiger partial charge in [0, 0.05) is 11.3 Å². The van der Waals surface area contributed by atoms with E-state index < -0.39 is 23.3 Å². The molecule has 0 radical (unpaired) electrons. The van der Waals surface area contributed by atoms with Crippen LogP contribution in [0, 0.1) is 6.92 Å². The van der Waals surface area contributed by atoms with E-state index in [2.05, 4.69) is 10.4 Å². The lowest BCUT2D eigenvalue weighted by atomic mass is 9.79. The molecule has 1 aromatic heterocycles. The Morgan fingerprint density at radius 2 is 1.75 bits per heavy atom. The van der Waals surface area contributed by atoms with Gasteiger partial charge in [-0.15, -0.1) is 0 Å². The predicted octanol–water partition coefficient (Wildman–Crippen LogP) is 3.82. The number of nitrogens with zero attached hydrogens (tertiary/aromatic N) is 2. The van der Waals surface area contributed by atoms with Gasteiger partial charge in [0.05, 0.1) is 11.3 Å². The molecule has 2 fully saturated rings. The number of nitrogens with one attached hydrogen (secondary N) is 1. The van der Waals surface area contributed by atoms with Crippen molar-refractivity contribution in [2.75, 3.05) is 0 Å². The summed E-state index contributed by atoms with van der Waals surface area (Å²) >= 11 is 0. The number of halogens is 3. The molecule has 1 saturated heterocycles. The second-order valence-corrected chi connectivity index (χ2v) is 7.59. The van der Waals surface area contributed by atoms with Crippen molar-refractivity contribution in [3.05, 3.63) is 41.6 Å². The number of carbonyl (C=O) groups excluding carboxylic acids is 2. The van der Waals surface area contributed by atoms with Crippen LogP contribution in [0.4, 0.5) is 13.2 Å². The molecule has 2 aliphatic rings. The molecule has 4 rings (SSSR count). The van der Waals surface area contributed by atoms with Crippen molar-refractivity contribution >= 4 is 11.7 Å². The third-order valence-corrected chi connectivity index (χ3v) is 5.71. The fraction of sp³-hybridized carbons (Fsp3) is 0.450. The second-order valence-electron chi connectivity index (χ2n) is 7.59. The molecule has 1 atom stereocenters. The minimum Gasteiger partial charge on any atom is -0.341 e. The van der Waals surface area contributed by atoms with Gasteiger partial charge >= 0.3 is 6.18 Å². The number of benzene rings is 1. The molecule has 1 aliphatic carbocycles. The van der Waals surface area contributed by atoms with Gasteiger partial charge in [0.15, 0.2) is 11.8 Å².